The Morgan fingerprint density at radius 3 is 2.88 bits per heavy atom. The molecule has 0 saturated heterocycles. The molecule has 0 heterocycles. The number of hydrogen-bond donors (Lipinski definition) is 2. The fraction of sp³-hybridized carbons (Fsp3) is 0.462. The maximum atomic E-state index is 11.9. The minimum Gasteiger partial charge on any atom is -0.393 e. The van der Waals surface area contributed by atoms with Crippen LogP contribution in [0.3, 0.4) is 0 Å². The summed E-state index contributed by atoms with van der Waals surface area (Å²) in [5.74, 6) is 0.319. The van der Waals surface area contributed by atoms with Gasteiger partial charge < -0.3 is 10.4 Å². The molecule has 0 spiro atoms. The van der Waals surface area contributed by atoms with E-state index in [-0.39, 0.29) is 12.0 Å². The molecule has 1 aliphatic carbocycles. The standard InChI is InChI=1S/C13H16ClNO2/c1-8-11(3-2-4-12(8)14)13(17)15-7-9-5-10(16)6-9/h2-4,9-10,16H,5-7H2,1H3,(H,15,17). The summed E-state index contributed by atoms with van der Waals surface area (Å²) in [7, 11) is 0. The van der Waals surface area contributed by atoms with Gasteiger partial charge in [0.15, 0.2) is 0 Å². The van der Waals surface area contributed by atoms with Crippen LogP contribution in [0, 0.1) is 12.8 Å². The number of carbonyl (C=O) groups excluding carboxylic acids is 1. The Labute approximate surface area is 106 Å². The van der Waals surface area contributed by atoms with Gasteiger partial charge in [-0.3, -0.25) is 4.79 Å². The van der Waals surface area contributed by atoms with Gasteiger partial charge in [0.25, 0.3) is 5.91 Å². The first-order chi connectivity index (χ1) is 8.08. The van der Waals surface area contributed by atoms with Crippen LogP contribution < -0.4 is 5.32 Å². The molecule has 0 bridgehead atoms. The Kier molecular flexibility index (Phi) is 3.69. The second kappa shape index (κ2) is 5.07. The average molecular weight is 254 g/mol. The van der Waals surface area contributed by atoms with Crippen LogP contribution in [0.1, 0.15) is 28.8 Å². The predicted octanol–water partition coefficient (Wildman–Crippen LogP) is 2.15. The Balaban J connectivity index is 1.93. The zero-order chi connectivity index (χ0) is 12.4. The summed E-state index contributed by atoms with van der Waals surface area (Å²) in [5.41, 5.74) is 1.43. The van der Waals surface area contributed by atoms with Gasteiger partial charge in [-0.25, -0.2) is 0 Å². The van der Waals surface area contributed by atoms with Crippen LogP contribution in [-0.2, 0) is 0 Å². The molecule has 0 radical (unpaired) electrons. The molecule has 92 valence electrons. The second-order valence-corrected chi connectivity index (χ2v) is 5.02. The van der Waals surface area contributed by atoms with Crippen LogP contribution in [0.15, 0.2) is 18.2 Å². The Morgan fingerprint density at radius 2 is 2.24 bits per heavy atom. The normalized spacial score (nSPS) is 23.0. The van der Waals surface area contributed by atoms with Crippen LogP contribution in [0.4, 0.5) is 0 Å². The van der Waals surface area contributed by atoms with E-state index in [2.05, 4.69) is 5.32 Å². The minimum atomic E-state index is -0.176. The van der Waals surface area contributed by atoms with Gasteiger partial charge in [0, 0.05) is 17.1 Å². The van der Waals surface area contributed by atoms with E-state index in [0.29, 0.717) is 23.0 Å². The molecule has 3 nitrogen and oxygen atoms in total. The smallest absolute Gasteiger partial charge is 0.251 e. The number of nitrogens with one attached hydrogen (secondary N) is 1. The molecular weight excluding hydrogens is 238 g/mol. The van der Waals surface area contributed by atoms with E-state index < -0.39 is 0 Å². The molecule has 2 N–H and O–H groups in total. The summed E-state index contributed by atoms with van der Waals surface area (Å²) in [5, 5.41) is 12.6. The number of rotatable bonds is 3. The third kappa shape index (κ3) is 2.79. The summed E-state index contributed by atoms with van der Waals surface area (Å²) in [4.78, 5) is 11.9. The van der Waals surface area contributed by atoms with Crippen molar-refractivity contribution in [2.24, 2.45) is 5.92 Å². The van der Waals surface area contributed by atoms with Gasteiger partial charge in [-0.05, 0) is 43.4 Å². The Bertz CT molecular complexity index is 427. The fourth-order valence-electron chi connectivity index (χ4n) is 2.05. The fourth-order valence-corrected chi connectivity index (χ4v) is 2.23. The number of hydrogen-bond acceptors (Lipinski definition) is 2. The van der Waals surface area contributed by atoms with Crippen molar-refractivity contribution < 1.29 is 9.90 Å². The molecule has 17 heavy (non-hydrogen) atoms. The minimum absolute atomic E-state index is 0.0913. The molecule has 1 aromatic carbocycles. The molecule has 1 aromatic rings. The first-order valence-corrected chi connectivity index (χ1v) is 6.17. The lowest BCUT2D eigenvalue weighted by atomic mass is 9.82. The van der Waals surface area contributed by atoms with E-state index in [9.17, 15) is 4.79 Å². The van der Waals surface area contributed by atoms with Crippen molar-refractivity contribution in [2.45, 2.75) is 25.9 Å². The van der Waals surface area contributed by atoms with Gasteiger partial charge in [0.1, 0.15) is 0 Å². The van der Waals surface area contributed by atoms with Crippen molar-refractivity contribution in [1.29, 1.82) is 0 Å². The zero-order valence-electron chi connectivity index (χ0n) is 9.74. The first-order valence-electron chi connectivity index (χ1n) is 5.79. The topological polar surface area (TPSA) is 49.3 Å². The van der Waals surface area contributed by atoms with Crippen LogP contribution in [0.25, 0.3) is 0 Å². The molecule has 4 heteroatoms. The van der Waals surface area contributed by atoms with Crippen LogP contribution in [0.2, 0.25) is 5.02 Å². The molecule has 2 rings (SSSR count). The molecule has 0 aliphatic heterocycles. The predicted molar refractivity (Wildman–Crippen MR) is 67.3 cm³/mol. The van der Waals surface area contributed by atoms with Gasteiger partial charge >= 0.3 is 0 Å². The number of carbonyl (C=O) groups is 1. The third-order valence-corrected chi connectivity index (χ3v) is 3.68. The maximum absolute atomic E-state index is 11.9. The first kappa shape index (κ1) is 12.4. The van der Waals surface area contributed by atoms with E-state index in [1.54, 1.807) is 18.2 Å². The average Bonchev–Trinajstić information content (AvgIpc) is 2.26. The van der Waals surface area contributed by atoms with E-state index in [1.807, 2.05) is 6.92 Å². The van der Waals surface area contributed by atoms with Gasteiger partial charge in [-0.1, -0.05) is 17.7 Å². The molecule has 0 aromatic heterocycles. The summed E-state index contributed by atoms with van der Waals surface area (Å²) in [6.45, 7) is 2.46. The monoisotopic (exact) mass is 253 g/mol. The molecular formula is C13H16ClNO2. The van der Waals surface area contributed by atoms with Gasteiger partial charge in [0.05, 0.1) is 6.10 Å². The SMILES string of the molecule is Cc1c(Cl)cccc1C(=O)NCC1CC(O)C1. The largest absolute Gasteiger partial charge is 0.393 e. The Morgan fingerprint density at radius 1 is 1.53 bits per heavy atom. The lowest BCUT2D eigenvalue weighted by Crippen LogP contribution is -2.38. The van der Waals surface area contributed by atoms with Gasteiger partial charge in [-0.2, -0.15) is 0 Å². The number of amides is 1. The number of aliphatic hydroxyl groups is 1. The van der Waals surface area contributed by atoms with E-state index >= 15 is 0 Å². The Hall–Kier alpha value is -1.06. The van der Waals surface area contributed by atoms with Gasteiger partial charge in [-0.15, -0.1) is 0 Å². The summed E-state index contributed by atoms with van der Waals surface area (Å²) in [6.07, 6.45) is 1.40. The number of benzene rings is 1. The maximum Gasteiger partial charge on any atom is 0.251 e. The highest BCUT2D eigenvalue weighted by Gasteiger charge is 2.27. The molecule has 1 aliphatic rings. The summed E-state index contributed by atoms with van der Waals surface area (Å²) in [6, 6.07) is 5.32. The molecule has 1 amide bonds. The van der Waals surface area contributed by atoms with Crippen molar-refractivity contribution in [3.05, 3.63) is 34.3 Å². The van der Waals surface area contributed by atoms with E-state index in [0.717, 1.165) is 18.4 Å². The van der Waals surface area contributed by atoms with Crippen molar-refractivity contribution in [3.63, 3.8) is 0 Å². The van der Waals surface area contributed by atoms with E-state index in [4.69, 9.17) is 16.7 Å². The highest BCUT2D eigenvalue weighted by Crippen LogP contribution is 2.26. The summed E-state index contributed by atoms with van der Waals surface area (Å²) >= 11 is 5.97. The number of halogens is 1. The summed E-state index contributed by atoms with van der Waals surface area (Å²) < 4.78 is 0. The van der Waals surface area contributed by atoms with Crippen molar-refractivity contribution in [3.8, 4) is 0 Å². The highest BCUT2D eigenvalue weighted by atomic mass is 35.5. The third-order valence-electron chi connectivity index (χ3n) is 3.27. The number of aliphatic hydroxyl groups excluding tert-OH is 1. The zero-order valence-corrected chi connectivity index (χ0v) is 10.5. The quantitative estimate of drug-likeness (QED) is 0.867. The van der Waals surface area contributed by atoms with Gasteiger partial charge in [0.2, 0.25) is 0 Å². The second-order valence-electron chi connectivity index (χ2n) is 4.61. The van der Waals surface area contributed by atoms with E-state index in [1.165, 1.54) is 0 Å². The van der Waals surface area contributed by atoms with Crippen molar-refractivity contribution in [2.75, 3.05) is 6.54 Å². The lowest BCUT2D eigenvalue weighted by Gasteiger charge is -2.31. The molecule has 0 unspecified atom stereocenters. The van der Waals surface area contributed by atoms with Crippen LogP contribution >= 0.6 is 11.6 Å². The van der Waals surface area contributed by atoms with Crippen LogP contribution in [0.5, 0.6) is 0 Å². The van der Waals surface area contributed by atoms with Crippen molar-refractivity contribution >= 4 is 17.5 Å². The molecule has 1 saturated carbocycles. The lowest BCUT2D eigenvalue weighted by molar-refractivity contribution is 0.0420. The molecule has 0 atom stereocenters. The van der Waals surface area contributed by atoms with Crippen molar-refractivity contribution in [1.82, 2.24) is 5.32 Å². The highest BCUT2D eigenvalue weighted by molar-refractivity contribution is 6.31. The molecule has 1 fully saturated rings. The van der Waals surface area contributed by atoms with Crippen LogP contribution in [-0.4, -0.2) is 23.7 Å².